The van der Waals surface area contributed by atoms with Crippen molar-refractivity contribution in [2.75, 3.05) is 19.8 Å². The Morgan fingerprint density at radius 1 is 1.27 bits per heavy atom. The summed E-state index contributed by atoms with van der Waals surface area (Å²) in [4.78, 5) is 4.05. The third-order valence-corrected chi connectivity index (χ3v) is 3.94. The molecule has 0 amide bonds. The van der Waals surface area contributed by atoms with Gasteiger partial charge in [0.1, 0.15) is 16.4 Å². The Bertz CT molecular complexity index is 631. The molecule has 7 heteroatoms. The number of halogens is 2. The molecular weight excluding hydrogens is 370 g/mol. The zero-order valence-corrected chi connectivity index (χ0v) is 14.4. The second kappa shape index (κ2) is 7.44. The van der Waals surface area contributed by atoms with Gasteiger partial charge in [-0.1, -0.05) is 17.7 Å². The number of hydrogen-bond acceptors (Lipinski definition) is 4. The van der Waals surface area contributed by atoms with E-state index in [1.54, 1.807) is 12.1 Å². The average Bonchev–Trinajstić information content (AvgIpc) is 3.26. The minimum Gasteiger partial charge on any atom is -0.475 e. The highest BCUT2D eigenvalue weighted by Crippen LogP contribution is 2.36. The normalized spacial score (nSPS) is 14.3. The molecule has 0 saturated heterocycles. The molecule has 2 aromatic heterocycles. The molecule has 22 heavy (non-hydrogen) atoms. The molecule has 5 nitrogen and oxygen atoms in total. The van der Waals surface area contributed by atoms with Crippen molar-refractivity contribution in [3.05, 3.63) is 39.7 Å². The molecule has 0 bridgehead atoms. The van der Waals surface area contributed by atoms with Crippen molar-refractivity contribution >= 4 is 27.5 Å². The first-order valence-corrected chi connectivity index (χ1v) is 8.46. The lowest BCUT2D eigenvalue weighted by Gasteiger charge is -2.08. The smallest absolute Gasteiger partial charge is 0.214 e. The lowest BCUT2D eigenvalue weighted by atomic mass is 10.3. The summed E-state index contributed by atoms with van der Waals surface area (Å²) in [5.41, 5.74) is 1.21. The van der Waals surface area contributed by atoms with Gasteiger partial charge < -0.3 is 9.47 Å². The molecule has 0 aromatic carbocycles. The van der Waals surface area contributed by atoms with Crippen LogP contribution in [0.25, 0.3) is 0 Å². The van der Waals surface area contributed by atoms with Crippen molar-refractivity contribution in [2.24, 2.45) is 0 Å². The van der Waals surface area contributed by atoms with Crippen LogP contribution in [0.1, 0.15) is 24.6 Å². The number of hydrogen-bond donors (Lipinski definition) is 0. The maximum Gasteiger partial charge on any atom is 0.214 e. The number of rotatable bonds is 8. The van der Waals surface area contributed by atoms with E-state index in [0.717, 1.165) is 11.0 Å². The molecular formula is C15H17BrClN3O2. The Hall–Kier alpha value is -1.11. The lowest BCUT2D eigenvalue weighted by Crippen LogP contribution is -2.11. The van der Waals surface area contributed by atoms with Gasteiger partial charge in [0.2, 0.25) is 5.88 Å². The molecule has 1 aliphatic rings. The summed E-state index contributed by atoms with van der Waals surface area (Å²) in [6.45, 7) is 1.63. The van der Waals surface area contributed by atoms with Gasteiger partial charge in [-0.3, -0.25) is 4.68 Å². The van der Waals surface area contributed by atoms with E-state index >= 15 is 0 Å². The van der Waals surface area contributed by atoms with Gasteiger partial charge in [0, 0.05) is 18.2 Å². The Labute approximate surface area is 142 Å². The first-order chi connectivity index (χ1) is 10.7. The average molecular weight is 387 g/mol. The second-order valence-corrected chi connectivity index (χ2v) is 6.34. The SMILES string of the molecule is Clc1cccc(OCCOCCc2cc(Br)nn2C2CC2)n1. The summed E-state index contributed by atoms with van der Waals surface area (Å²) in [6, 6.07) is 7.94. The van der Waals surface area contributed by atoms with Crippen molar-refractivity contribution in [2.45, 2.75) is 25.3 Å². The first-order valence-electron chi connectivity index (χ1n) is 7.29. The molecule has 2 heterocycles. The van der Waals surface area contributed by atoms with Crippen molar-refractivity contribution in [3.63, 3.8) is 0 Å². The van der Waals surface area contributed by atoms with Crippen molar-refractivity contribution in [1.82, 2.24) is 14.8 Å². The van der Waals surface area contributed by atoms with Crippen molar-refractivity contribution in [3.8, 4) is 5.88 Å². The molecule has 0 N–H and O–H groups in total. The fourth-order valence-electron chi connectivity index (χ4n) is 2.18. The van der Waals surface area contributed by atoms with Crippen LogP contribution in [0.2, 0.25) is 5.15 Å². The molecule has 2 aromatic rings. The van der Waals surface area contributed by atoms with E-state index in [2.05, 4.69) is 36.8 Å². The first kappa shape index (κ1) is 15.8. The van der Waals surface area contributed by atoms with E-state index in [-0.39, 0.29) is 0 Å². The van der Waals surface area contributed by atoms with E-state index < -0.39 is 0 Å². The van der Waals surface area contributed by atoms with Crippen LogP contribution < -0.4 is 4.74 Å². The van der Waals surface area contributed by atoms with Crippen LogP contribution in [0.5, 0.6) is 5.88 Å². The van der Waals surface area contributed by atoms with Crippen molar-refractivity contribution < 1.29 is 9.47 Å². The summed E-state index contributed by atoms with van der Waals surface area (Å²) in [5, 5.41) is 4.90. The van der Waals surface area contributed by atoms with Gasteiger partial charge in [0.05, 0.1) is 19.3 Å². The molecule has 1 fully saturated rings. The number of aromatic nitrogens is 3. The van der Waals surface area contributed by atoms with Gasteiger partial charge in [-0.05, 0) is 40.9 Å². The second-order valence-electron chi connectivity index (χ2n) is 5.14. The Morgan fingerprint density at radius 3 is 2.91 bits per heavy atom. The van der Waals surface area contributed by atoms with Gasteiger partial charge >= 0.3 is 0 Å². The molecule has 1 aliphatic carbocycles. The van der Waals surface area contributed by atoms with Crippen LogP contribution in [-0.4, -0.2) is 34.6 Å². The predicted octanol–water partition coefficient (Wildman–Crippen LogP) is 3.67. The fourth-order valence-corrected chi connectivity index (χ4v) is 2.77. The summed E-state index contributed by atoms with van der Waals surface area (Å²) >= 11 is 9.22. The molecule has 0 aliphatic heterocycles. The minimum atomic E-state index is 0.428. The predicted molar refractivity (Wildman–Crippen MR) is 87.5 cm³/mol. The lowest BCUT2D eigenvalue weighted by molar-refractivity contribution is 0.0998. The minimum absolute atomic E-state index is 0.428. The topological polar surface area (TPSA) is 49.2 Å². The highest BCUT2D eigenvalue weighted by Gasteiger charge is 2.26. The van der Waals surface area contributed by atoms with E-state index in [0.29, 0.717) is 36.9 Å². The number of pyridine rings is 1. The highest BCUT2D eigenvalue weighted by molar-refractivity contribution is 9.10. The monoisotopic (exact) mass is 385 g/mol. The van der Waals surface area contributed by atoms with Crippen molar-refractivity contribution in [1.29, 1.82) is 0 Å². The van der Waals surface area contributed by atoms with E-state index in [9.17, 15) is 0 Å². The zero-order chi connectivity index (χ0) is 15.4. The Balaban J connectivity index is 1.35. The van der Waals surface area contributed by atoms with Gasteiger partial charge in [-0.25, -0.2) is 4.98 Å². The fraction of sp³-hybridized carbons (Fsp3) is 0.467. The van der Waals surface area contributed by atoms with Gasteiger partial charge in [-0.2, -0.15) is 5.10 Å². The van der Waals surface area contributed by atoms with Crippen LogP contribution in [-0.2, 0) is 11.2 Å². The maximum atomic E-state index is 5.79. The van der Waals surface area contributed by atoms with Gasteiger partial charge in [-0.15, -0.1) is 0 Å². The molecule has 0 radical (unpaired) electrons. The van der Waals surface area contributed by atoms with Crippen LogP contribution in [0.15, 0.2) is 28.9 Å². The van der Waals surface area contributed by atoms with Gasteiger partial charge in [0.15, 0.2) is 0 Å². The molecule has 1 saturated carbocycles. The molecule has 3 rings (SSSR count). The quantitative estimate of drug-likeness (QED) is 0.513. The van der Waals surface area contributed by atoms with E-state index in [4.69, 9.17) is 21.1 Å². The Kier molecular flexibility index (Phi) is 5.33. The third-order valence-electron chi connectivity index (χ3n) is 3.35. The third kappa shape index (κ3) is 4.44. The molecule has 0 spiro atoms. The Morgan fingerprint density at radius 2 is 2.14 bits per heavy atom. The zero-order valence-electron chi connectivity index (χ0n) is 12.0. The van der Waals surface area contributed by atoms with E-state index in [1.165, 1.54) is 18.5 Å². The molecule has 0 unspecified atom stereocenters. The van der Waals surface area contributed by atoms with Crippen LogP contribution in [0.3, 0.4) is 0 Å². The number of nitrogens with zero attached hydrogens (tertiary/aromatic N) is 3. The summed E-state index contributed by atoms with van der Waals surface area (Å²) < 4.78 is 14.1. The summed E-state index contributed by atoms with van der Waals surface area (Å²) in [7, 11) is 0. The standard InChI is InChI=1S/C15H17BrClN3O2/c16-13-10-12(20(19-13)11-4-5-11)6-7-21-8-9-22-15-3-1-2-14(17)18-15/h1-3,10-11H,4-9H2. The van der Waals surface area contributed by atoms with Crippen LogP contribution in [0, 0.1) is 0 Å². The van der Waals surface area contributed by atoms with Crippen LogP contribution >= 0.6 is 27.5 Å². The molecule has 0 atom stereocenters. The highest BCUT2D eigenvalue weighted by atomic mass is 79.9. The number of ether oxygens (including phenoxy) is 2. The summed E-state index contributed by atoms with van der Waals surface area (Å²) in [6.07, 6.45) is 3.30. The summed E-state index contributed by atoms with van der Waals surface area (Å²) in [5.74, 6) is 0.520. The van der Waals surface area contributed by atoms with Crippen LogP contribution in [0.4, 0.5) is 0 Å². The van der Waals surface area contributed by atoms with Gasteiger partial charge in [0.25, 0.3) is 0 Å². The molecule has 118 valence electrons. The van der Waals surface area contributed by atoms with E-state index in [1.807, 2.05) is 6.07 Å². The largest absolute Gasteiger partial charge is 0.475 e. The maximum absolute atomic E-state index is 5.79.